The zero-order chi connectivity index (χ0) is 17.6. The van der Waals surface area contributed by atoms with E-state index in [-0.39, 0.29) is 0 Å². The van der Waals surface area contributed by atoms with Crippen molar-refractivity contribution in [1.29, 1.82) is 0 Å². The molecule has 0 fully saturated rings. The molecule has 0 radical (unpaired) electrons. The number of halogens is 2. The molecule has 128 valence electrons. The van der Waals surface area contributed by atoms with Gasteiger partial charge in [-0.3, -0.25) is 0 Å². The smallest absolute Gasteiger partial charge is 0.124 e. The molecule has 0 aliphatic heterocycles. The minimum Gasteiger partial charge on any atom is -0.489 e. The fraction of sp³-hybridized carbons (Fsp3) is 0.143. The Hall–Kier alpha value is -2.16. The maximum atomic E-state index is 6.05. The van der Waals surface area contributed by atoms with Crippen LogP contribution in [0.5, 0.6) is 5.75 Å². The van der Waals surface area contributed by atoms with Crippen molar-refractivity contribution in [3.63, 3.8) is 0 Å². The van der Waals surface area contributed by atoms with Crippen LogP contribution in [0.15, 0.2) is 66.7 Å². The van der Waals surface area contributed by atoms with Crippen LogP contribution in [0.3, 0.4) is 0 Å². The molecule has 0 unspecified atom stereocenters. The largest absolute Gasteiger partial charge is 0.489 e. The molecule has 0 aliphatic rings. The molecular weight excluding hydrogens is 353 g/mol. The Morgan fingerprint density at radius 2 is 1.48 bits per heavy atom. The molecule has 0 aliphatic carbocycles. The van der Waals surface area contributed by atoms with Gasteiger partial charge in [0.1, 0.15) is 12.4 Å². The summed E-state index contributed by atoms with van der Waals surface area (Å²) in [5.41, 5.74) is 4.37. The number of nitrogens with one attached hydrogen (secondary N) is 1. The van der Waals surface area contributed by atoms with E-state index >= 15 is 0 Å². The fourth-order valence-corrected chi connectivity index (χ4v) is 3.10. The summed E-state index contributed by atoms with van der Waals surface area (Å²) in [6, 6.07) is 21.7. The fourth-order valence-electron chi connectivity index (χ4n) is 2.57. The summed E-state index contributed by atoms with van der Waals surface area (Å²) >= 11 is 12.1. The molecule has 3 aromatic carbocycles. The third-order valence-corrected chi connectivity index (χ3v) is 4.40. The number of para-hydroxylation sites is 1. The van der Waals surface area contributed by atoms with E-state index in [2.05, 4.69) is 24.4 Å². The SMILES string of the molecule is Cc1ccccc1COc1ccccc1CNc1cc(Cl)cc(Cl)c1. The maximum Gasteiger partial charge on any atom is 0.124 e. The number of rotatable bonds is 6. The number of aryl methyl sites for hydroxylation is 1. The average molecular weight is 372 g/mol. The topological polar surface area (TPSA) is 21.3 Å². The van der Waals surface area contributed by atoms with Crippen molar-refractivity contribution in [2.75, 3.05) is 5.32 Å². The highest BCUT2D eigenvalue weighted by molar-refractivity contribution is 6.35. The van der Waals surface area contributed by atoms with Crippen LogP contribution in [-0.4, -0.2) is 0 Å². The van der Waals surface area contributed by atoms with Crippen molar-refractivity contribution in [2.24, 2.45) is 0 Å². The van der Waals surface area contributed by atoms with E-state index in [0.29, 0.717) is 23.2 Å². The van der Waals surface area contributed by atoms with E-state index in [1.165, 1.54) is 11.1 Å². The van der Waals surface area contributed by atoms with Gasteiger partial charge in [-0.05, 0) is 42.3 Å². The number of hydrogen-bond acceptors (Lipinski definition) is 2. The third kappa shape index (κ3) is 4.91. The first-order valence-electron chi connectivity index (χ1n) is 8.07. The molecule has 0 spiro atoms. The van der Waals surface area contributed by atoms with Gasteiger partial charge >= 0.3 is 0 Å². The normalized spacial score (nSPS) is 10.5. The van der Waals surface area contributed by atoms with Crippen LogP contribution < -0.4 is 10.1 Å². The third-order valence-electron chi connectivity index (χ3n) is 3.96. The summed E-state index contributed by atoms with van der Waals surface area (Å²) in [5, 5.41) is 4.56. The van der Waals surface area contributed by atoms with Gasteiger partial charge in [-0.2, -0.15) is 0 Å². The van der Waals surface area contributed by atoms with Gasteiger partial charge in [0.2, 0.25) is 0 Å². The van der Waals surface area contributed by atoms with E-state index in [4.69, 9.17) is 27.9 Å². The molecule has 1 N–H and O–H groups in total. The number of anilines is 1. The van der Waals surface area contributed by atoms with Crippen molar-refractivity contribution in [1.82, 2.24) is 0 Å². The van der Waals surface area contributed by atoms with Crippen LogP contribution in [0, 0.1) is 6.92 Å². The molecule has 0 aromatic heterocycles. The minimum atomic E-state index is 0.548. The molecule has 0 heterocycles. The second kappa shape index (κ2) is 8.28. The molecule has 2 nitrogen and oxygen atoms in total. The number of hydrogen-bond donors (Lipinski definition) is 1. The van der Waals surface area contributed by atoms with Gasteiger partial charge in [0.15, 0.2) is 0 Å². The van der Waals surface area contributed by atoms with Crippen molar-refractivity contribution >= 4 is 28.9 Å². The van der Waals surface area contributed by atoms with Crippen molar-refractivity contribution < 1.29 is 4.74 Å². The molecule has 0 amide bonds. The molecular formula is C21H19Cl2NO. The van der Waals surface area contributed by atoms with Crippen molar-refractivity contribution in [2.45, 2.75) is 20.1 Å². The Kier molecular flexibility index (Phi) is 5.85. The Morgan fingerprint density at radius 1 is 0.840 bits per heavy atom. The van der Waals surface area contributed by atoms with Gasteiger partial charge in [0.05, 0.1) is 0 Å². The van der Waals surface area contributed by atoms with Crippen molar-refractivity contribution in [3.05, 3.63) is 93.5 Å². The predicted octanol–water partition coefficient (Wildman–Crippen LogP) is 6.49. The lowest BCUT2D eigenvalue weighted by Gasteiger charge is -2.14. The Labute approximate surface area is 158 Å². The first-order chi connectivity index (χ1) is 12.1. The highest BCUT2D eigenvalue weighted by Crippen LogP contribution is 2.25. The summed E-state index contributed by atoms with van der Waals surface area (Å²) in [4.78, 5) is 0. The van der Waals surface area contributed by atoms with E-state index in [1.54, 1.807) is 6.07 Å². The van der Waals surface area contributed by atoms with E-state index in [9.17, 15) is 0 Å². The Balaban J connectivity index is 1.69. The summed E-state index contributed by atoms with van der Waals surface area (Å²) < 4.78 is 6.05. The molecule has 0 bridgehead atoms. The van der Waals surface area contributed by atoms with Crippen LogP contribution in [0.4, 0.5) is 5.69 Å². The minimum absolute atomic E-state index is 0.548. The first-order valence-corrected chi connectivity index (χ1v) is 8.82. The molecule has 25 heavy (non-hydrogen) atoms. The molecule has 0 atom stereocenters. The van der Waals surface area contributed by atoms with Gasteiger partial charge in [0.25, 0.3) is 0 Å². The Morgan fingerprint density at radius 3 is 2.20 bits per heavy atom. The second-order valence-corrected chi connectivity index (χ2v) is 6.71. The van der Waals surface area contributed by atoms with E-state index in [0.717, 1.165) is 17.0 Å². The van der Waals surface area contributed by atoms with Crippen LogP contribution in [0.25, 0.3) is 0 Å². The zero-order valence-electron chi connectivity index (χ0n) is 13.9. The Bertz CT molecular complexity index is 844. The summed E-state index contributed by atoms with van der Waals surface area (Å²) in [5.74, 6) is 0.867. The van der Waals surface area contributed by atoms with Gasteiger partial charge in [-0.25, -0.2) is 0 Å². The number of ether oxygens (including phenoxy) is 1. The highest BCUT2D eigenvalue weighted by Gasteiger charge is 2.05. The summed E-state index contributed by atoms with van der Waals surface area (Å²) in [6.07, 6.45) is 0. The van der Waals surface area contributed by atoms with Gasteiger partial charge in [-0.1, -0.05) is 65.7 Å². The van der Waals surface area contributed by atoms with E-state index in [1.807, 2.05) is 48.5 Å². The summed E-state index contributed by atoms with van der Waals surface area (Å²) in [7, 11) is 0. The highest BCUT2D eigenvalue weighted by atomic mass is 35.5. The lowest BCUT2D eigenvalue weighted by Crippen LogP contribution is -2.04. The average Bonchev–Trinajstić information content (AvgIpc) is 2.59. The standard InChI is InChI=1S/C21H19Cl2NO/c1-15-6-2-3-8-17(15)14-25-21-9-5-4-7-16(21)13-24-20-11-18(22)10-19(23)12-20/h2-12,24H,13-14H2,1H3. The monoisotopic (exact) mass is 371 g/mol. The molecule has 3 rings (SSSR count). The molecule has 3 aromatic rings. The van der Waals surface area contributed by atoms with Crippen LogP contribution in [0.1, 0.15) is 16.7 Å². The molecule has 0 saturated carbocycles. The maximum absolute atomic E-state index is 6.05. The van der Waals surface area contributed by atoms with Crippen LogP contribution >= 0.6 is 23.2 Å². The van der Waals surface area contributed by atoms with E-state index < -0.39 is 0 Å². The van der Waals surface area contributed by atoms with Crippen LogP contribution in [-0.2, 0) is 13.2 Å². The van der Waals surface area contributed by atoms with Gasteiger partial charge in [0, 0.05) is 27.8 Å². The molecule has 0 saturated heterocycles. The molecule has 4 heteroatoms. The zero-order valence-corrected chi connectivity index (χ0v) is 15.4. The van der Waals surface area contributed by atoms with Gasteiger partial charge in [-0.15, -0.1) is 0 Å². The second-order valence-electron chi connectivity index (χ2n) is 5.83. The number of benzene rings is 3. The van der Waals surface area contributed by atoms with Gasteiger partial charge < -0.3 is 10.1 Å². The predicted molar refractivity (Wildman–Crippen MR) is 106 cm³/mol. The van der Waals surface area contributed by atoms with Crippen molar-refractivity contribution in [3.8, 4) is 5.75 Å². The quantitative estimate of drug-likeness (QED) is 0.534. The first kappa shape index (κ1) is 17.7. The van der Waals surface area contributed by atoms with Crippen LogP contribution in [0.2, 0.25) is 10.0 Å². The lowest BCUT2D eigenvalue weighted by molar-refractivity contribution is 0.302. The lowest BCUT2D eigenvalue weighted by atomic mass is 10.1. The summed E-state index contributed by atoms with van der Waals surface area (Å²) in [6.45, 7) is 3.27.